The van der Waals surface area contributed by atoms with Crippen LogP contribution in [0.3, 0.4) is 0 Å². The lowest BCUT2D eigenvalue weighted by molar-refractivity contribution is -0.117. The van der Waals surface area contributed by atoms with Crippen LogP contribution in [0.1, 0.15) is 6.92 Å². The summed E-state index contributed by atoms with van der Waals surface area (Å²) in [4.78, 5) is 22.8. The second kappa shape index (κ2) is 4.21. The topological polar surface area (TPSA) is 61.8 Å². The third kappa shape index (κ3) is 2.08. The Morgan fingerprint density at radius 1 is 1.35 bits per heavy atom. The molecule has 5 heteroatoms. The molecule has 0 saturated carbocycles. The van der Waals surface area contributed by atoms with Crippen LogP contribution in [0.2, 0.25) is 0 Å². The van der Waals surface area contributed by atoms with Crippen molar-refractivity contribution in [2.75, 3.05) is 5.01 Å². The largest absolute Gasteiger partial charge is 0.309 e. The Bertz CT molecular complexity index is 520. The highest BCUT2D eigenvalue weighted by atomic mass is 16.2. The van der Waals surface area contributed by atoms with Gasteiger partial charge in [-0.15, -0.1) is 5.10 Å². The first-order valence-corrected chi connectivity index (χ1v) is 5.04. The van der Waals surface area contributed by atoms with Crippen LogP contribution in [-0.4, -0.2) is 17.6 Å². The van der Waals surface area contributed by atoms with Crippen molar-refractivity contribution in [2.24, 2.45) is 5.10 Å². The average molecular weight is 229 g/mol. The Morgan fingerprint density at radius 2 is 2.00 bits per heavy atom. The van der Waals surface area contributed by atoms with Crippen molar-refractivity contribution < 1.29 is 9.59 Å². The molecule has 0 atom stereocenters. The van der Waals surface area contributed by atoms with E-state index in [0.29, 0.717) is 5.69 Å². The van der Waals surface area contributed by atoms with E-state index in [1.165, 1.54) is 11.9 Å². The lowest BCUT2D eigenvalue weighted by Gasteiger charge is -2.10. The van der Waals surface area contributed by atoms with Crippen molar-refractivity contribution in [2.45, 2.75) is 6.92 Å². The summed E-state index contributed by atoms with van der Waals surface area (Å²) < 4.78 is 0. The van der Waals surface area contributed by atoms with Crippen LogP contribution >= 0.6 is 0 Å². The number of carbonyl (C=O) groups is 2. The summed E-state index contributed by atoms with van der Waals surface area (Å²) in [6.45, 7) is 4.96. The number of hydrazone groups is 1. The summed E-state index contributed by atoms with van der Waals surface area (Å²) in [5.41, 5.74) is 0.822. The summed E-state index contributed by atoms with van der Waals surface area (Å²) >= 11 is 0. The highest BCUT2D eigenvalue weighted by Gasteiger charge is 2.29. The third-order valence-corrected chi connectivity index (χ3v) is 2.23. The molecule has 1 aliphatic heterocycles. The van der Waals surface area contributed by atoms with Gasteiger partial charge in [-0.25, -0.2) is 0 Å². The second-order valence-electron chi connectivity index (χ2n) is 3.56. The van der Waals surface area contributed by atoms with E-state index in [2.05, 4.69) is 17.0 Å². The van der Waals surface area contributed by atoms with Gasteiger partial charge in [0.05, 0.1) is 11.3 Å². The number of rotatable bonds is 1. The van der Waals surface area contributed by atoms with Crippen LogP contribution in [0.5, 0.6) is 0 Å². The maximum Gasteiger partial charge on any atom is 0.281 e. The quantitative estimate of drug-likeness (QED) is 0.731. The van der Waals surface area contributed by atoms with E-state index >= 15 is 0 Å². The first-order chi connectivity index (χ1) is 8.09. The Morgan fingerprint density at radius 3 is 2.59 bits per heavy atom. The number of hydrogen-bond acceptors (Lipinski definition) is 3. The molecule has 1 N–H and O–H groups in total. The SMILES string of the molecule is C=C1C(=O)N(c2ccccc2)N=C1NC(C)=O. The Hall–Kier alpha value is -2.43. The van der Waals surface area contributed by atoms with Crippen LogP contribution in [0.25, 0.3) is 0 Å². The molecule has 2 amide bonds. The molecule has 0 unspecified atom stereocenters. The number of hydrogen-bond donors (Lipinski definition) is 1. The van der Waals surface area contributed by atoms with Crippen LogP contribution < -0.4 is 10.3 Å². The minimum atomic E-state index is -0.333. The van der Waals surface area contributed by atoms with Gasteiger partial charge in [0.25, 0.3) is 5.91 Å². The molecule has 0 bridgehead atoms. The van der Waals surface area contributed by atoms with Gasteiger partial charge in [-0.3, -0.25) is 9.59 Å². The van der Waals surface area contributed by atoms with Gasteiger partial charge < -0.3 is 5.32 Å². The molecule has 2 rings (SSSR count). The molecular weight excluding hydrogens is 218 g/mol. The lowest BCUT2D eigenvalue weighted by atomic mass is 10.2. The number of anilines is 1. The molecule has 5 nitrogen and oxygen atoms in total. The zero-order chi connectivity index (χ0) is 12.4. The number of carbonyl (C=O) groups excluding carboxylic acids is 2. The van der Waals surface area contributed by atoms with Gasteiger partial charge in [0.2, 0.25) is 5.91 Å². The molecule has 17 heavy (non-hydrogen) atoms. The maximum atomic E-state index is 11.9. The predicted octanol–water partition coefficient (Wildman–Crippen LogP) is 1.04. The van der Waals surface area contributed by atoms with Gasteiger partial charge in [0.1, 0.15) is 0 Å². The smallest absolute Gasteiger partial charge is 0.281 e. The van der Waals surface area contributed by atoms with Crippen molar-refractivity contribution in [1.29, 1.82) is 0 Å². The van der Waals surface area contributed by atoms with Crippen molar-refractivity contribution in [3.05, 3.63) is 42.5 Å². The van der Waals surface area contributed by atoms with Crippen molar-refractivity contribution >= 4 is 23.3 Å². The van der Waals surface area contributed by atoms with Crippen molar-refractivity contribution in [1.82, 2.24) is 5.32 Å². The van der Waals surface area contributed by atoms with Gasteiger partial charge in [0, 0.05) is 6.92 Å². The third-order valence-electron chi connectivity index (χ3n) is 2.23. The summed E-state index contributed by atoms with van der Waals surface area (Å²) in [5, 5.41) is 7.72. The fourth-order valence-corrected chi connectivity index (χ4v) is 1.45. The molecule has 0 saturated heterocycles. The van der Waals surface area contributed by atoms with E-state index in [-0.39, 0.29) is 23.2 Å². The van der Waals surface area contributed by atoms with Gasteiger partial charge in [-0.05, 0) is 12.1 Å². The fourth-order valence-electron chi connectivity index (χ4n) is 1.45. The molecule has 0 fully saturated rings. The number of para-hydroxylation sites is 1. The van der Waals surface area contributed by atoms with E-state index in [9.17, 15) is 9.59 Å². The first kappa shape index (κ1) is 11.1. The molecule has 1 aliphatic rings. The maximum absolute atomic E-state index is 11.9. The minimum Gasteiger partial charge on any atom is -0.309 e. The number of nitrogens with zero attached hydrogens (tertiary/aromatic N) is 2. The molecule has 0 aliphatic carbocycles. The van der Waals surface area contributed by atoms with E-state index < -0.39 is 0 Å². The molecule has 0 aromatic heterocycles. The average Bonchev–Trinajstić information content (AvgIpc) is 2.58. The summed E-state index contributed by atoms with van der Waals surface area (Å²) in [6.07, 6.45) is 0. The minimum absolute atomic E-state index is 0.184. The molecule has 86 valence electrons. The molecule has 1 heterocycles. The van der Waals surface area contributed by atoms with Crippen molar-refractivity contribution in [3.8, 4) is 0 Å². The van der Waals surface area contributed by atoms with Crippen molar-refractivity contribution in [3.63, 3.8) is 0 Å². The molecule has 1 aromatic rings. The summed E-state index contributed by atoms with van der Waals surface area (Å²) in [6, 6.07) is 8.96. The normalized spacial score (nSPS) is 14.9. The van der Waals surface area contributed by atoms with Crippen LogP contribution in [0, 0.1) is 0 Å². The highest BCUT2D eigenvalue weighted by Crippen LogP contribution is 2.21. The van der Waals surface area contributed by atoms with Crippen LogP contribution in [0.15, 0.2) is 47.6 Å². The highest BCUT2D eigenvalue weighted by molar-refractivity contribution is 6.31. The Labute approximate surface area is 98.4 Å². The number of amides is 2. The first-order valence-electron chi connectivity index (χ1n) is 5.04. The van der Waals surface area contributed by atoms with Gasteiger partial charge in [0.15, 0.2) is 5.84 Å². The number of nitrogens with one attached hydrogen (secondary N) is 1. The summed E-state index contributed by atoms with van der Waals surface area (Å²) in [5.74, 6) is -0.418. The second-order valence-corrected chi connectivity index (χ2v) is 3.56. The van der Waals surface area contributed by atoms with Crippen LogP contribution in [0.4, 0.5) is 5.69 Å². The Kier molecular flexibility index (Phi) is 2.74. The zero-order valence-corrected chi connectivity index (χ0v) is 9.30. The number of benzene rings is 1. The van der Waals surface area contributed by atoms with E-state index in [0.717, 1.165) is 0 Å². The lowest BCUT2D eigenvalue weighted by Crippen LogP contribution is -2.28. The van der Waals surface area contributed by atoms with E-state index in [1.807, 2.05) is 6.07 Å². The Balaban J connectivity index is 2.32. The fraction of sp³-hybridized carbons (Fsp3) is 0.0833. The van der Waals surface area contributed by atoms with Gasteiger partial charge in [-0.2, -0.15) is 5.01 Å². The molecule has 0 radical (unpaired) electrons. The van der Waals surface area contributed by atoms with E-state index in [1.54, 1.807) is 24.3 Å². The van der Waals surface area contributed by atoms with E-state index in [4.69, 9.17) is 0 Å². The van der Waals surface area contributed by atoms with Crippen LogP contribution in [-0.2, 0) is 9.59 Å². The predicted molar refractivity (Wildman–Crippen MR) is 64.3 cm³/mol. The molecule has 0 spiro atoms. The van der Waals surface area contributed by atoms with Gasteiger partial charge in [-0.1, -0.05) is 24.8 Å². The van der Waals surface area contributed by atoms with Gasteiger partial charge >= 0.3 is 0 Å². The number of amidine groups is 1. The summed E-state index contributed by atoms with van der Waals surface area (Å²) in [7, 11) is 0. The standard InChI is InChI=1S/C12H11N3O2/c1-8-11(13-9(2)16)14-15(12(8)17)10-6-4-3-5-7-10/h3-7H,1H2,2H3,(H,13,14,16). The monoisotopic (exact) mass is 229 g/mol. The molecular formula is C12H11N3O2. The molecule has 1 aromatic carbocycles. The zero-order valence-electron chi connectivity index (χ0n) is 9.30.